The van der Waals surface area contributed by atoms with Crippen molar-refractivity contribution < 1.29 is 5.11 Å². The van der Waals surface area contributed by atoms with Crippen LogP contribution in [0.5, 0.6) is 0 Å². The molecule has 4 unspecified atom stereocenters. The lowest BCUT2D eigenvalue weighted by Crippen LogP contribution is -2.60. The predicted molar refractivity (Wildman–Crippen MR) is 88.3 cm³/mol. The minimum absolute atomic E-state index is 0.364. The van der Waals surface area contributed by atoms with E-state index in [1.54, 1.807) is 0 Å². The van der Waals surface area contributed by atoms with E-state index in [-0.39, 0.29) is 0 Å². The molecule has 2 heteroatoms. The molecule has 2 nitrogen and oxygen atoms in total. The van der Waals surface area contributed by atoms with Gasteiger partial charge < -0.3 is 10.4 Å². The van der Waals surface area contributed by atoms with Gasteiger partial charge >= 0.3 is 0 Å². The molecular formula is C19H35NO. The lowest BCUT2D eigenvalue weighted by molar-refractivity contribution is -0.111. The monoisotopic (exact) mass is 293 g/mol. The molecule has 0 aromatic heterocycles. The normalized spacial score (nSPS) is 42.9. The SMILES string of the molecule is CCC1CCNC(C2(O)CCCCC2C2CCCCC2)C1. The Kier molecular flexibility index (Phi) is 5.27. The zero-order valence-corrected chi connectivity index (χ0v) is 13.9. The van der Waals surface area contributed by atoms with E-state index in [2.05, 4.69) is 12.2 Å². The molecule has 0 spiro atoms. The Hall–Kier alpha value is -0.0800. The lowest BCUT2D eigenvalue weighted by Gasteiger charge is -2.51. The first-order valence-corrected chi connectivity index (χ1v) is 9.69. The fraction of sp³-hybridized carbons (Fsp3) is 1.00. The minimum Gasteiger partial charge on any atom is -0.388 e. The quantitative estimate of drug-likeness (QED) is 0.814. The Morgan fingerprint density at radius 2 is 1.76 bits per heavy atom. The predicted octanol–water partition coefficient (Wildman–Crippen LogP) is 4.27. The van der Waals surface area contributed by atoms with Crippen molar-refractivity contribution in [3.63, 3.8) is 0 Å². The summed E-state index contributed by atoms with van der Waals surface area (Å²) in [5.74, 6) is 2.20. The first kappa shape index (κ1) is 15.8. The zero-order chi connectivity index (χ0) is 14.7. The fourth-order valence-corrected chi connectivity index (χ4v) is 5.57. The lowest BCUT2D eigenvalue weighted by atomic mass is 9.61. The van der Waals surface area contributed by atoms with E-state index in [0.29, 0.717) is 12.0 Å². The van der Waals surface area contributed by atoms with E-state index in [0.717, 1.165) is 24.8 Å². The molecule has 0 amide bonds. The number of hydrogen-bond acceptors (Lipinski definition) is 2. The van der Waals surface area contributed by atoms with Gasteiger partial charge in [-0.1, -0.05) is 58.3 Å². The number of rotatable bonds is 3. The van der Waals surface area contributed by atoms with Crippen LogP contribution in [0, 0.1) is 17.8 Å². The summed E-state index contributed by atoms with van der Waals surface area (Å²) in [7, 11) is 0. The van der Waals surface area contributed by atoms with Gasteiger partial charge in [-0.2, -0.15) is 0 Å². The highest BCUT2D eigenvalue weighted by atomic mass is 16.3. The van der Waals surface area contributed by atoms with Gasteiger partial charge in [0.25, 0.3) is 0 Å². The van der Waals surface area contributed by atoms with Crippen LogP contribution in [0.25, 0.3) is 0 Å². The molecule has 2 N–H and O–H groups in total. The third kappa shape index (κ3) is 3.32. The summed E-state index contributed by atoms with van der Waals surface area (Å²) in [4.78, 5) is 0. The standard InChI is InChI=1S/C19H35NO/c1-2-15-11-13-20-18(14-15)19(21)12-7-6-10-17(19)16-8-4-3-5-9-16/h15-18,20-21H,2-14H2,1H3. The Bertz CT molecular complexity index is 326. The first-order chi connectivity index (χ1) is 10.2. The van der Waals surface area contributed by atoms with Crippen molar-refractivity contribution in [3.05, 3.63) is 0 Å². The Morgan fingerprint density at radius 1 is 1.00 bits per heavy atom. The molecule has 2 saturated carbocycles. The van der Waals surface area contributed by atoms with E-state index >= 15 is 0 Å². The smallest absolute Gasteiger partial charge is 0.0830 e. The molecule has 122 valence electrons. The van der Waals surface area contributed by atoms with E-state index < -0.39 is 5.60 Å². The summed E-state index contributed by atoms with van der Waals surface area (Å²) in [5.41, 5.74) is -0.409. The second-order valence-electron chi connectivity index (χ2n) is 8.05. The maximum atomic E-state index is 11.7. The molecule has 3 rings (SSSR count). The Morgan fingerprint density at radius 3 is 2.52 bits per heavy atom. The summed E-state index contributed by atoms with van der Waals surface area (Å²) < 4.78 is 0. The van der Waals surface area contributed by atoms with Crippen molar-refractivity contribution in [2.45, 2.75) is 95.6 Å². The van der Waals surface area contributed by atoms with E-state index in [4.69, 9.17) is 0 Å². The summed E-state index contributed by atoms with van der Waals surface area (Å²) in [5, 5.41) is 15.4. The average molecular weight is 293 g/mol. The van der Waals surface area contributed by atoms with Gasteiger partial charge in [0.15, 0.2) is 0 Å². The third-order valence-electron chi connectivity index (χ3n) is 6.90. The van der Waals surface area contributed by atoms with Gasteiger partial charge in [-0.25, -0.2) is 0 Å². The largest absolute Gasteiger partial charge is 0.388 e. The maximum Gasteiger partial charge on any atom is 0.0830 e. The van der Waals surface area contributed by atoms with Crippen molar-refractivity contribution >= 4 is 0 Å². The van der Waals surface area contributed by atoms with Gasteiger partial charge in [-0.15, -0.1) is 0 Å². The van der Waals surface area contributed by atoms with Crippen LogP contribution in [0.1, 0.15) is 84.0 Å². The van der Waals surface area contributed by atoms with Crippen molar-refractivity contribution in [1.82, 2.24) is 5.32 Å². The molecular weight excluding hydrogens is 258 g/mol. The Balaban J connectivity index is 1.74. The number of aliphatic hydroxyl groups is 1. The maximum absolute atomic E-state index is 11.7. The van der Waals surface area contributed by atoms with E-state index in [1.807, 2.05) is 0 Å². The van der Waals surface area contributed by atoms with Crippen molar-refractivity contribution in [3.8, 4) is 0 Å². The van der Waals surface area contributed by atoms with Crippen molar-refractivity contribution in [2.24, 2.45) is 17.8 Å². The molecule has 0 bridgehead atoms. The molecule has 0 radical (unpaired) electrons. The second kappa shape index (κ2) is 7.00. The van der Waals surface area contributed by atoms with Crippen LogP contribution < -0.4 is 5.32 Å². The van der Waals surface area contributed by atoms with Crippen LogP contribution in [0.2, 0.25) is 0 Å². The molecule has 2 aliphatic carbocycles. The molecule has 1 heterocycles. The fourth-order valence-electron chi connectivity index (χ4n) is 5.57. The highest BCUT2D eigenvalue weighted by Crippen LogP contribution is 2.47. The topological polar surface area (TPSA) is 32.3 Å². The molecule has 0 aromatic carbocycles. The molecule has 1 aliphatic heterocycles. The summed E-state index contributed by atoms with van der Waals surface area (Å²) in [6.45, 7) is 3.43. The number of nitrogens with one attached hydrogen (secondary N) is 1. The minimum atomic E-state index is -0.409. The zero-order valence-electron chi connectivity index (χ0n) is 13.9. The van der Waals surface area contributed by atoms with Crippen LogP contribution in [0.15, 0.2) is 0 Å². The van der Waals surface area contributed by atoms with Gasteiger partial charge in [-0.05, 0) is 50.0 Å². The van der Waals surface area contributed by atoms with Crippen LogP contribution >= 0.6 is 0 Å². The molecule has 21 heavy (non-hydrogen) atoms. The highest BCUT2D eigenvalue weighted by Gasteiger charge is 2.49. The second-order valence-corrected chi connectivity index (χ2v) is 8.05. The molecule has 0 aromatic rings. The summed E-state index contributed by atoms with van der Waals surface area (Å²) in [6.07, 6.45) is 15.6. The molecule has 3 fully saturated rings. The van der Waals surface area contributed by atoms with Crippen molar-refractivity contribution in [2.75, 3.05) is 6.54 Å². The molecule has 1 saturated heterocycles. The number of hydrogen-bond donors (Lipinski definition) is 2. The summed E-state index contributed by atoms with van der Waals surface area (Å²) >= 11 is 0. The van der Waals surface area contributed by atoms with Gasteiger partial charge in [0.1, 0.15) is 0 Å². The van der Waals surface area contributed by atoms with Gasteiger partial charge in [0.05, 0.1) is 5.60 Å². The van der Waals surface area contributed by atoms with Crippen LogP contribution in [0.4, 0.5) is 0 Å². The average Bonchev–Trinajstić information content (AvgIpc) is 2.56. The van der Waals surface area contributed by atoms with Gasteiger partial charge in [0.2, 0.25) is 0 Å². The Labute approximate surface area is 131 Å². The first-order valence-electron chi connectivity index (χ1n) is 9.69. The van der Waals surface area contributed by atoms with Crippen LogP contribution in [0.3, 0.4) is 0 Å². The number of piperidine rings is 1. The van der Waals surface area contributed by atoms with Gasteiger partial charge in [-0.3, -0.25) is 0 Å². The summed E-state index contributed by atoms with van der Waals surface area (Å²) in [6, 6.07) is 0.364. The van der Waals surface area contributed by atoms with Crippen LogP contribution in [-0.2, 0) is 0 Å². The highest BCUT2D eigenvalue weighted by molar-refractivity contribution is 5.03. The van der Waals surface area contributed by atoms with E-state index in [1.165, 1.54) is 70.6 Å². The third-order valence-corrected chi connectivity index (χ3v) is 6.90. The van der Waals surface area contributed by atoms with Crippen LogP contribution in [-0.4, -0.2) is 23.3 Å². The molecule has 4 atom stereocenters. The van der Waals surface area contributed by atoms with Crippen molar-refractivity contribution in [1.29, 1.82) is 0 Å². The van der Waals surface area contributed by atoms with Gasteiger partial charge in [0, 0.05) is 6.04 Å². The molecule has 3 aliphatic rings. The van der Waals surface area contributed by atoms with E-state index in [9.17, 15) is 5.11 Å².